The number of amides is 2. The van der Waals surface area contributed by atoms with Gasteiger partial charge in [0.15, 0.2) is 0 Å². The quantitative estimate of drug-likeness (QED) is 0.854. The average Bonchev–Trinajstić information content (AvgIpc) is 2.97. The molecule has 0 aliphatic carbocycles. The van der Waals surface area contributed by atoms with Gasteiger partial charge in [-0.2, -0.15) is 13.2 Å². The number of nitrogens with zero attached hydrogens (tertiary/aromatic N) is 2. The first-order valence-corrected chi connectivity index (χ1v) is 8.46. The zero-order valence-corrected chi connectivity index (χ0v) is 14.7. The molecule has 1 saturated heterocycles. The van der Waals surface area contributed by atoms with Crippen LogP contribution in [-0.4, -0.2) is 28.2 Å². The van der Waals surface area contributed by atoms with Gasteiger partial charge in [-0.15, -0.1) is 0 Å². The average molecular weight is 398 g/mol. The zero-order chi connectivity index (χ0) is 19.6. The van der Waals surface area contributed by atoms with Crippen molar-refractivity contribution >= 4 is 29.1 Å². The molecule has 1 aromatic heterocycles. The number of nitrogens with one attached hydrogen (secondary N) is 1. The van der Waals surface area contributed by atoms with Crippen molar-refractivity contribution in [1.82, 2.24) is 9.88 Å². The van der Waals surface area contributed by atoms with E-state index >= 15 is 0 Å². The van der Waals surface area contributed by atoms with Crippen LogP contribution in [0.15, 0.2) is 42.7 Å². The summed E-state index contributed by atoms with van der Waals surface area (Å²) < 4.78 is 38.5. The van der Waals surface area contributed by atoms with Crippen LogP contribution in [-0.2, 0) is 22.3 Å². The van der Waals surface area contributed by atoms with E-state index in [0.717, 1.165) is 23.8 Å². The first-order chi connectivity index (χ1) is 12.7. The second-order valence-electron chi connectivity index (χ2n) is 6.21. The Kier molecular flexibility index (Phi) is 5.36. The number of anilines is 1. The first-order valence-electron chi connectivity index (χ1n) is 8.08. The van der Waals surface area contributed by atoms with Crippen LogP contribution in [0.1, 0.15) is 17.5 Å². The third kappa shape index (κ3) is 4.57. The van der Waals surface area contributed by atoms with E-state index in [0.29, 0.717) is 6.54 Å². The van der Waals surface area contributed by atoms with Gasteiger partial charge < -0.3 is 10.2 Å². The number of pyridine rings is 1. The third-order valence-corrected chi connectivity index (χ3v) is 4.59. The Bertz CT molecular complexity index is 859. The van der Waals surface area contributed by atoms with Crippen LogP contribution in [0.2, 0.25) is 5.02 Å². The van der Waals surface area contributed by atoms with Crippen LogP contribution in [0.25, 0.3) is 0 Å². The summed E-state index contributed by atoms with van der Waals surface area (Å²) in [6.45, 7) is 0.527. The lowest BCUT2D eigenvalue weighted by Gasteiger charge is -2.17. The molecular formula is C18H15ClF3N3O2. The summed E-state index contributed by atoms with van der Waals surface area (Å²) in [6, 6.07) is 6.24. The van der Waals surface area contributed by atoms with E-state index in [-0.39, 0.29) is 29.6 Å². The fraction of sp³-hybridized carbons (Fsp3) is 0.278. The van der Waals surface area contributed by atoms with Crippen LogP contribution in [0, 0.1) is 5.92 Å². The maximum atomic E-state index is 12.8. The van der Waals surface area contributed by atoms with Crippen molar-refractivity contribution in [2.45, 2.75) is 19.1 Å². The maximum Gasteiger partial charge on any atom is 0.416 e. The molecule has 0 spiro atoms. The lowest BCUT2D eigenvalue weighted by molar-refractivity contribution is -0.137. The summed E-state index contributed by atoms with van der Waals surface area (Å²) in [6.07, 6.45) is -1.34. The summed E-state index contributed by atoms with van der Waals surface area (Å²) in [5, 5.41) is 2.40. The van der Waals surface area contributed by atoms with E-state index in [2.05, 4.69) is 10.3 Å². The molecule has 1 fully saturated rings. The standard InChI is InChI=1S/C18H15ClF3N3O2/c19-14-2-1-13(18(20,21)22)8-15(14)24-17(27)12-7-16(26)25(10-12)9-11-3-5-23-6-4-11/h1-6,8,12H,7,9-10H2,(H,24,27). The van der Waals surface area contributed by atoms with Crippen LogP contribution < -0.4 is 5.32 Å². The number of alkyl halides is 3. The minimum Gasteiger partial charge on any atom is -0.338 e. The normalized spacial score (nSPS) is 17.3. The summed E-state index contributed by atoms with van der Waals surface area (Å²) in [5.74, 6) is -1.39. The van der Waals surface area contributed by atoms with Gasteiger partial charge in [-0.1, -0.05) is 11.6 Å². The Labute approximate surface area is 158 Å². The van der Waals surface area contributed by atoms with Crippen molar-refractivity contribution in [3.8, 4) is 0 Å². The predicted octanol–water partition coefficient (Wildman–Crippen LogP) is 3.74. The van der Waals surface area contributed by atoms with Gasteiger partial charge in [-0.25, -0.2) is 0 Å². The number of hydrogen-bond donors (Lipinski definition) is 1. The zero-order valence-electron chi connectivity index (χ0n) is 14.0. The van der Waals surface area contributed by atoms with E-state index in [1.54, 1.807) is 24.5 Å². The summed E-state index contributed by atoms with van der Waals surface area (Å²) in [7, 11) is 0. The molecule has 0 bridgehead atoms. The monoisotopic (exact) mass is 397 g/mol. The Balaban J connectivity index is 1.68. The second kappa shape index (κ2) is 7.56. The molecule has 1 aliphatic heterocycles. The molecule has 9 heteroatoms. The van der Waals surface area contributed by atoms with Crippen LogP contribution in [0.5, 0.6) is 0 Å². The number of carbonyl (C=O) groups excluding carboxylic acids is 2. The van der Waals surface area contributed by atoms with Gasteiger partial charge in [0.05, 0.1) is 22.2 Å². The van der Waals surface area contributed by atoms with Gasteiger partial charge >= 0.3 is 6.18 Å². The fourth-order valence-electron chi connectivity index (χ4n) is 2.84. The lowest BCUT2D eigenvalue weighted by Crippen LogP contribution is -2.28. The molecule has 2 aromatic rings. The highest BCUT2D eigenvalue weighted by molar-refractivity contribution is 6.33. The number of carbonyl (C=O) groups is 2. The molecule has 1 N–H and O–H groups in total. The largest absolute Gasteiger partial charge is 0.416 e. The molecule has 142 valence electrons. The van der Waals surface area contributed by atoms with Gasteiger partial charge in [0.1, 0.15) is 0 Å². The summed E-state index contributed by atoms with van der Waals surface area (Å²) >= 11 is 5.90. The van der Waals surface area contributed by atoms with Gasteiger partial charge in [0, 0.05) is 31.9 Å². The SMILES string of the molecule is O=C(Nc1cc(C(F)(F)F)ccc1Cl)C1CC(=O)N(Cc2ccncc2)C1. The fourth-order valence-corrected chi connectivity index (χ4v) is 3.01. The highest BCUT2D eigenvalue weighted by Crippen LogP contribution is 2.34. The van der Waals surface area contributed by atoms with Crippen molar-refractivity contribution in [3.63, 3.8) is 0 Å². The molecule has 5 nitrogen and oxygen atoms in total. The highest BCUT2D eigenvalue weighted by atomic mass is 35.5. The minimum atomic E-state index is -4.55. The lowest BCUT2D eigenvalue weighted by atomic mass is 10.1. The Morgan fingerprint density at radius 2 is 1.96 bits per heavy atom. The predicted molar refractivity (Wildman–Crippen MR) is 92.8 cm³/mol. The Hall–Kier alpha value is -2.61. The molecule has 27 heavy (non-hydrogen) atoms. The molecule has 3 rings (SSSR count). The second-order valence-corrected chi connectivity index (χ2v) is 6.62. The van der Waals surface area contributed by atoms with E-state index in [1.807, 2.05) is 0 Å². The van der Waals surface area contributed by atoms with Gasteiger partial charge in [0.25, 0.3) is 0 Å². The van der Waals surface area contributed by atoms with Crippen molar-refractivity contribution in [2.24, 2.45) is 5.92 Å². The Morgan fingerprint density at radius 3 is 2.63 bits per heavy atom. The molecule has 1 aromatic carbocycles. The number of likely N-dealkylation sites (tertiary alicyclic amines) is 1. The maximum absolute atomic E-state index is 12.8. The molecular weight excluding hydrogens is 383 g/mol. The molecule has 1 aliphatic rings. The molecule has 1 unspecified atom stereocenters. The number of halogens is 4. The van der Waals surface area contributed by atoms with E-state index < -0.39 is 23.6 Å². The number of rotatable bonds is 4. The highest BCUT2D eigenvalue weighted by Gasteiger charge is 2.35. The van der Waals surface area contributed by atoms with Crippen molar-refractivity contribution in [1.29, 1.82) is 0 Å². The topological polar surface area (TPSA) is 62.3 Å². The van der Waals surface area contributed by atoms with Crippen LogP contribution in [0.3, 0.4) is 0 Å². The van der Waals surface area contributed by atoms with Crippen molar-refractivity contribution in [3.05, 3.63) is 58.9 Å². The Morgan fingerprint density at radius 1 is 1.26 bits per heavy atom. The molecule has 1 atom stereocenters. The van der Waals surface area contributed by atoms with Crippen molar-refractivity contribution < 1.29 is 22.8 Å². The van der Waals surface area contributed by atoms with Crippen LogP contribution in [0.4, 0.5) is 18.9 Å². The minimum absolute atomic E-state index is 0.00526. The van der Waals surface area contributed by atoms with Gasteiger partial charge in [-0.3, -0.25) is 14.6 Å². The third-order valence-electron chi connectivity index (χ3n) is 4.26. The molecule has 0 saturated carbocycles. The van der Waals surface area contributed by atoms with Crippen molar-refractivity contribution in [2.75, 3.05) is 11.9 Å². The number of benzene rings is 1. The van der Waals surface area contributed by atoms with E-state index in [1.165, 1.54) is 4.90 Å². The van der Waals surface area contributed by atoms with Gasteiger partial charge in [0.2, 0.25) is 11.8 Å². The molecule has 2 amide bonds. The number of hydrogen-bond acceptors (Lipinski definition) is 3. The number of aromatic nitrogens is 1. The van der Waals surface area contributed by atoms with E-state index in [9.17, 15) is 22.8 Å². The first kappa shape index (κ1) is 19.2. The molecule has 2 heterocycles. The molecule has 0 radical (unpaired) electrons. The summed E-state index contributed by atoms with van der Waals surface area (Å²) in [4.78, 5) is 30.0. The van der Waals surface area contributed by atoms with E-state index in [4.69, 9.17) is 11.6 Å². The van der Waals surface area contributed by atoms with Crippen LogP contribution >= 0.6 is 11.6 Å². The smallest absolute Gasteiger partial charge is 0.338 e. The summed E-state index contributed by atoms with van der Waals surface area (Å²) in [5.41, 5.74) is -0.166. The van der Waals surface area contributed by atoms with Gasteiger partial charge in [-0.05, 0) is 35.9 Å².